The summed E-state index contributed by atoms with van der Waals surface area (Å²) in [6, 6.07) is 17.1. The first-order valence-corrected chi connectivity index (χ1v) is 10.6. The summed E-state index contributed by atoms with van der Waals surface area (Å²) in [5.74, 6) is 0.697. The van der Waals surface area contributed by atoms with Crippen molar-refractivity contribution in [3.8, 4) is 5.75 Å². The minimum atomic E-state index is -0.999. The minimum Gasteiger partial charge on any atom is -0.478 e. The molecule has 0 saturated carbocycles. The number of nitrogens with one attached hydrogen (secondary N) is 1. The van der Waals surface area contributed by atoms with E-state index in [-0.39, 0.29) is 11.8 Å². The molecule has 0 atom stereocenters. The number of hydrogen-bond acceptors (Lipinski definition) is 4. The van der Waals surface area contributed by atoms with Gasteiger partial charge in [-0.25, -0.2) is 0 Å². The number of piperazine rings is 1. The third-order valence-corrected chi connectivity index (χ3v) is 5.25. The largest absolute Gasteiger partial charge is 0.478 e. The zero-order chi connectivity index (χ0) is 21.6. The second-order valence-corrected chi connectivity index (χ2v) is 8.04. The van der Waals surface area contributed by atoms with Crippen molar-refractivity contribution in [2.45, 2.75) is 39.2 Å². The third kappa shape index (κ3) is 5.53. The first-order valence-electron chi connectivity index (χ1n) is 10.6. The van der Waals surface area contributed by atoms with E-state index in [1.165, 1.54) is 0 Å². The monoisotopic (exact) mass is 409 g/mol. The zero-order valence-electron chi connectivity index (χ0n) is 18.1. The predicted molar refractivity (Wildman–Crippen MR) is 120 cm³/mol. The average molecular weight is 410 g/mol. The molecular weight excluding hydrogens is 378 g/mol. The molecule has 1 fully saturated rings. The Morgan fingerprint density at radius 1 is 0.967 bits per heavy atom. The van der Waals surface area contributed by atoms with E-state index in [0.717, 1.165) is 44.0 Å². The molecule has 1 aliphatic heterocycles. The molecule has 1 N–H and O–H groups in total. The first kappa shape index (κ1) is 21.7. The number of rotatable bonds is 7. The summed E-state index contributed by atoms with van der Waals surface area (Å²) in [6.07, 6.45) is 1.51. The van der Waals surface area contributed by atoms with E-state index >= 15 is 0 Å². The molecule has 6 nitrogen and oxygen atoms in total. The number of ether oxygens (including phenoxy) is 1. The molecule has 2 aromatic rings. The van der Waals surface area contributed by atoms with Crippen molar-refractivity contribution >= 4 is 23.2 Å². The smallest absolute Gasteiger partial charge is 0.267 e. The van der Waals surface area contributed by atoms with Crippen LogP contribution in [0.1, 0.15) is 33.6 Å². The van der Waals surface area contributed by atoms with Crippen LogP contribution in [0.5, 0.6) is 5.75 Å². The highest BCUT2D eigenvalue weighted by molar-refractivity contribution is 5.97. The summed E-state index contributed by atoms with van der Waals surface area (Å²) in [6.45, 7) is 8.68. The van der Waals surface area contributed by atoms with Gasteiger partial charge in [0.25, 0.3) is 5.91 Å². The van der Waals surface area contributed by atoms with Crippen LogP contribution in [-0.4, -0.2) is 48.5 Å². The molecule has 160 valence electrons. The number of nitrogens with zero attached hydrogens (tertiary/aromatic N) is 2. The fourth-order valence-corrected chi connectivity index (χ4v) is 3.45. The maximum absolute atomic E-state index is 12.7. The Balaban J connectivity index is 1.54. The Morgan fingerprint density at radius 2 is 1.60 bits per heavy atom. The van der Waals surface area contributed by atoms with E-state index < -0.39 is 5.60 Å². The van der Waals surface area contributed by atoms with E-state index in [1.807, 2.05) is 66.4 Å². The van der Waals surface area contributed by atoms with Crippen molar-refractivity contribution in [3.63, 3.8) is 0 Å². The van der Waals surface area contributed by atoms with Gasteiger partial charge in [-0.1, -0.05) is 25.1 Å². The molecule has 2 amide bonds. The number of benzene rings is 2. The van der Waals surface area contributed by atoms with Crippen molar-refractivity contribution in [2.75, 3.05) is 36.4 Å². The zero-order valence-corrected chi connectivity index (χ0v) is 18.1. The van der Waals surface area contributed by atoms with Gasteiger partial charge in [0.2, 0.25) is 5.91 Å². The third-order valence-electron chi connectivity index (χ3n) is 5.25. The molecule has 0 spiro atoms. The summed E-state index contributed by atoms with van der Waals surface area (Å²) in [5, 5.41) is 2.93. The van der Waals surface area contributed by atoms with Crippen LogP contribution in [0.25, 0.3) is 0 Å². The highest BCUT2D eigenvalue weighted by atomic mass is 16.5. The maximum Gasteiger partial charge on any atom is 0.267 e. The Bertz CT molecular complexity index is 842. The number of hydrogen-bond donors (Lipinski definition) is 1. The van der Waals surface area contributed by atoms with Crippen LogP contribution in [0, 0.1) is 0 Å². The SMILES string of the molecule is CCCC(=O)N1CCN(c2ccc(NC(=O)C(C)(C)Oc3ccccc3)cc2)CC1. The molecule has 0 aliphatic carbocycles. The van der Waals surface area contributed by atoms with Crippen molar-refractivity contribution < 1.29 is 14.3 Å². The molecule has 2 aromatic carbocycles. The minimum absolute atomic E-state index is 0.206. The van der Waals surface area contributed by atoms with E-state index in [9.17, 15) is 9.59 Å². The second-order valence-electron chi connectivity index (χ2n) is 8.04. The first-order chi connectivity index (χ1) is 14.4. The summed E-state index contributed by atoms with van der Waals surface area (Å²) in [5.41, 5.74) is 0.821. The molecule has 3 rings (SSSR count). The van der Waals surface area contributed by atoms with Crippen molar-refractivity contribution in [1.29, 1.82) is 0 Å². The molecule has 0 bridgehead atoms. The van der Waals surface area contributed by atoms with Crippen molar-refractivity contribution in [3.05, 3.63) is 54.6 Å². The van der Waals surface area contributed by atoms with Gasteiger partial charge in [0.15, 0.2) is 5.60 Å². The van der Waals surface area contributed by atoms with Crippen LogP contribution < -0.4 is 15.0 Å². The molecule has 1 aliphatic rings. The lowest BCUT2D eigenvalue weighted by molar-refractivity contribution is -0.131. The lowest BCUT2D eigenvalue weighted by Gasteiger charge is -2.36. The molecule has 1 saturated heterocycles. The van der Waals surface area contributed by atoms with Gasteiger partial charge in [-0.3, -0.25) is 9.59 Å². The average Bonchev–Trinajstić information content (AvgIpc) is 2.75. The van der Waals surface area contributed by atoms with Gasteiger partial charge in [-0.2, -0.15) is 0 Å². The lowest BCUT2D eigenvalue weighted by Crippen LogP contribution is -2.48. The standard InChI is InChI=1S/C24H31N3O3/c1-4-8-22(28)27-17-15-26(16-18-27)20-13-11-19(12-14-20)25-23(29)24(2,3)30-21-9-6-5-7-10-21/h5-7,9-14H,4,8,15-18H2,1-3H3,(H,25,29). The number of carbonyl (C=O) groups excluding carboxylic acids is 2. The van der Waals surface area contributed by atoms with Crippen LogP contribution in [0.3, 0.4) is 0 Å². The van der Waals surface area contributed by atoms with Crippen molar-refractivity contribution in [1.82, 2.24) is 4.90 Å². The van der Waals surface area contributed by atoms with Crippen molar-refractivity contribution in [2.24, 2.45) is 0 Å². The van der Waals surface area contributed by atoms with Gasteiger partial charge in [0.1, 0.15) is 5.75 Å². The number of amides is 2. The van der Waals surface area contributed by atoms with Crippen LogP contribution in [0.15, 0.2) is 54.6 Å². The Morgan fingerprint density at radius 3 is 2.20 bits per heavy atom. The van der Waals surface area contributed by atoms with Gasteiger partial charge in [0.05, 0.1) is 0 Å². The topological polar surface area (TPSA) is 61.9 Å². The molecular formula is C24H31N3O3. The fourth-order valence-electron chi connectivity index (χ4n) is 3.45. The normalized spacial score (nSPS) is 14.4. The van der Waals surface area contributed by atoms with E-state index in [0.29, 0.717) is 12.2 Å². The predicted octanol–water partition coefficient (Wildman–Crippen LogP) is 3.93. The van der Waals surface area contributed by atoms with E-state index in [2.05, 4.69) is 10.2 Å². The summed E-state index contributed by atoms with van der Waals surface area (Å²) >= 11 is 0. The van der Waals surface area contributed by atoms with Gasteiger partial charge in [-0.05, 0) is 56.7 Å². The Kier molecular flexibility index (Phi) is 6.98. The van der Waals surface area contributed by atoms with Crippen LogP contribution in [-0.2, 0) is 9.59 Å². The molecule has 0 unspecified atom stereocenters. The molecule has 30 heavy (non-hydrogen) atoms. The Hall–Kier alpha value is -3.02. The van der Waals surface area contributed by atoms with Gasteiger partial charge < -0.3 is 19.9 Å². The molecule has 6 heteroatoms. The fraction of sp³-hybridized carbons (Fsp3) is 0.417. The van der Waals surface area contributed by atoms with Gasteiger partial charge in [-0.15, -0.1) is 0 Å². The van der Waals surface area contributed by atoms with E-state index in [1.54, 1.807) is 13.8 Å². The highest BCUT2D eigenvalue weighted by Gasteiger charge is 2.30. The highest BCUT2D eigenvalue weighted by Crippen LogP contribution is 2.22. The van der Waals surface area contributed by atoms with Gasteiger partial charge >= 0.3 is 0 Å². The number of anilines is 2. The molecule has 1 heterocycles. The quantitative estimate of drug-likeness (QED) is 0.753. The van der Waals surface area contributed by atoms with Gasteiger partial charge in [0, 0.05) is 44.0 Å². The van der Waals surface area contributed by atoms with Crippen LogP contribution in [0.4, 0.5) is 11.4 Å². The Labute approximate surface area is 178 Å². The van der Waals surface area contributed by atoms with Crippen LogP contribution in [0.2, 0.25) is 0 Å². The second kappa shape index (κ2) is 9.65. The summed E-state index contributed by atoms with van der Waals surface area (Å²) in [7, 11) is 0. The number of carbonyl (C=O) groups is 2. The maximum atomic E-state index is 12.7. The number of para-hydroxylation sites is 1. The molecule has 0 radical (unpaired) electrons. The molecule has 0 aromatic heterocycles. The lowest BCUT2D eigenvalue weighted by atomic mass is 10.1. The summed E-state index contributed by atoms with van der Waals surface area (Å²) in [4.78, 5) is 29.0. The summed E-state index contributed by atoms with van der Waals surface area (Å²) < 4.78 is 5.85. The van der Waals surface area contributed by atoms with E-state index in [4.69, 9.17) is 4.74 Å². The van der Waals surface area contributed by atoms with Crippen LogP contribution >= 0.6 is 0 Å².